The molecule has 5 heteroatoms. The van der Waals surface area contributed by atoms with Crippen LogP contribution >= 0.6 is 11.6 Å². The van der Waals surface area contributed by atoms with Crippen LogP contribution in [0.25, 0.3) is 0 Å². The van der Waals surface area contributed by atoms with E-state index < -0.39 is 0 Å². The number of nitrogens with one attached hydrogen (secondary N) is 1. The van der Waals surface area contributed by atoms with Crippen LogP contribution in [0.4, 0.5) is 5.69 Å². The lowest BCUT2D eigenvalue weighted by Gasteiger charge is -2.21. The first kappa shape index (κ1) is 18.9. The maximum absolute atomic E-state index is 12.4. The van der Waals surface area contributed by atoms with Gasteiger partial charge in [0.25, 0.3) is 0 Å². The van der Waals surface area contributed by atoms with E-state index in [1.54, 1.807) is 0 Å². The highest BCUT2D eigenvalue weighted by atomic mass is 35.5. The third kappa shape index (κ3) is 5.56. The van der Waals surface area contributed by atoms with Gasteiger partial charge in [-0.3, -0.25) is 14.6 Å². The van der Waals surface area contributed by atoms with Crippen molar-refractivity contribution < 1.29 is 4.79 Å². The minimum Gasteiger partial charge on any atom is -0.324 e. The van der Waals surface area contributed by atoms with Gasteiger partial charge in [-0.2, -0.15) is 0 Å². The van der Waals surface area contributed by atoms with Crippen LogP contribution in [-0.2, 0) is 11.3 Å². The summed E-state index contributed by atoms with van der Waals surface area (Å²) in [6.45, 7) is 7.26. The van der Waals surface area contributed by atoms with E-state index in [4.69, 9.17) is 11.6 Å². The topological polar surface area (TPSA) is 35.6 Å². The second kappa shape index (κ2) is 9.17. The Morgan fingerprint density at radius 2 is 1.77 bits per heavy atom. The minimum absolute atomic E-state index is 0.00716. The molecule has 1 aliphatic rings. The summed E-state index contributed by atoms with van der Waals surface area (Å²) >= 11 is 6.20. The third-order valence-corrected chi connectivity index (χ3v) is 5.01. The summed E-state index contributed by atoms with van der Waals surface area (Å²) in [7, 11) is 0. The molecule has 26 heavy (non-hydrogen) atoms. The van der Waals surface area contributed by atoms with Crippen molar-refractivity contribution in [1.82, 2.24) is 9.80 Å². The molecular weight excluding hydrogens is 346 g/mol. The van der Waals surface area contributed by atoms with Crippen molar-refractivity contribution in [3.05, 3.63) is 64.7 Å². The van der Waals surface area contributed by atoms with Crippen molar-refractivity contribution in [3.8, 4) is 0 Å². The molecule has 0 saturated carbocycles. The third-order valence-electron chi connectivity index (χ3n) is 4.70. The molecule has 1 amide bonds. The summed E-state index contributed by atoms with van der Waals surface area (Å²) in [5.74, 6) is -0.00716. The van der Waals surface area contributed by atoms with Gasteiger partial charge in [0.1, 0.15) is 0 Å². The Morgan fingerprint density at radius 3 is 2.54 bits per heavy atom. The first-order valence-electron chi connectivity index (χ1n) is 9.15. The SMILES string of the molecule is Cc1ccc(NC(=O)CN2CCCN(Cc3ccccc3)CC2)c(Cl)c1. The molecule has 0 unspecified atom stereocenters. The number of nitrogens with zero attached hydrogens (tertiary/aromatic N) is 2. The van der Waals surface area contributed by atoms with Gasteiger partial charge in [-0.25, -0.2) is 0 Å². The molecule has 1 heterocycles. The first-order valence-corrected chi connectivity index (χ1v) is 9.52. The molecule has 3 rings (SSSR count). The van der Waals surface area contributed by atoms with Crippen molar-refractivity contribution in [3.63, 3.8) is 0 Å². The van der Waals surface area contributed by atoms with Crippen LogP contribution in [0.5, 0.6) is 0 Å². The summed E-state index contributed by atoms with van der Waals surface area (Å²) in [5, 5.41) is 3.52. The highest BCUT2D eigenvalue weighted by Crippen LogP contribution is 2.22. The van der Waals surface area contributed by atoms with E-state index >= 15 is 0 Å². The molecular formula is C21H26ClN3O. The van der Waals surface area contributed by atoms with Crippen LogP contribution in [0.2, 0.25) is 5.02 Å². The van der Waals surface area contributed by atoms with Crippen molar-refractivity contribution in [2.45, 2.75) is 19.9 Å². The average molecular weight is 372 g/mol. The molecule has 1 aliphatic heterocycles. The molecule has 1 saturated heterocycles. The number of amides is 1. The van der Waals surface area contributed by atoms with Gasteiger partial charge in [-0.1, -0.05) is 48.0 Å². The Hall–Kier alpha value is -1.88. The van der Waals surface area contributed by atoms with E-state index in [1.165, 1.54) is 5.56 Å². The van der Waals surface area contributed by atoms with E-state index in [-0.39, 0.29) is 5.91 Å². The van der Waals surface area contributed by atoms with Crippen LogP contribution in [-0.4, -0.2) is 48.4 Å². The van der Waals surface area contributed by atoms with E-state index in [0.717, 1.165) is 44.7 Å². The fraction of sp³-hybridized carbons (Fsp3) is 0.381. The first-order chi connectivity index (χ1) is 12.6. The number of halogens is 1. The van der Waals surface area contributed by atoms with Crippen molar-refractivity contribution in [2.24, 2.45) is 0 Å². The van der Waals surface area contributed by atoms with Gasteiger partial charge in [-0.15, -0.1) is 0 Å². The number of rotatable bonds is 5. The average Bonchev–Trinajstić information content (AvgIpc) is 2.84. The zero-order valence-electron chi connectivity index (χ0n) is 15.2. The van der Waals surface area contributed by atoms with Gasteiger partial charge < -0.3 is 5.32 Å². The number of hydrogen-bond acceptors (Lipinski definition) is 3. The zero-order chi connectivity index (χ0) is 18.4. The van der Waals surface area contributed by atoms with Gasteiger partial charge in [0, 0.05) is 19.6 Å². The molecule has 1 fully saturated rings. The summed E-state index contributed by atoms with van der Waals surface area (Å²) in [6.07, 6.45) is 1.07. The summed E-state index contributed by atoms with van der Waals surface area (Å²) in [4.78, 5) is 17.1. The molecule has 0 atom stereocenters. The summed E-state index contributed by atoms with van der Waals surface area (Å²) in [6, 6.07) is 16.2. The Morgan fingerprint density at radius 1 is 1.04 bits per heavy atom. The number of aryl methyl sites for hydroxylation is 1. The van der Waals surface area contributed by atoms with Gasteiger partial charge in [0.15, 0.2) is 0 Å². The molecule has 138 valence electrons. The standard InChI is InChI=1S/C21H26ClN3O/c1-17-8-9-20(19(22)14-17)23-21(26)16-25-11-5-10-24(12-13-25)15-18-6-3-2-4-7-18/h2-4,6-9,14H,5,10-13,15-16H2,1H3,(H,23,26). The van der Waals surface area contributed by atoms with Crippen molar-refractivity contribution in [1.29, 1.82) is 0 Å². The predicted octanol–water partition coefficient (Wildman–Crippen LogP) is 3.79. The minimum atomic E-state index is -0.00716. The highest BCUT2D eigenvalue weighted by molar-refractivity contribution is 6.33. The lowest BCUT2D eigenvalue weighted by atomic mass is 10.2. The van der Waals surface area contributed by atoms with Crippen molar-refractivity contribution in [2.75, 3.05) is 38.0 Å². The number of anilines is 1. The van der Waals surface area contributed by atoms with Crippen LogP contribution < -0.4 is 5.32 Å². The van der Waals surface area contributed by atoms with Gasteiger partial charge >= 0.3 is 0 Å². The zero-order valence-corrected chi connectivity index (χ0v) is 16.0. The second-order valence-corrected chi connectivity index (χ2v) is 7.33. The van der Waals surface area contributed by atoms with E-state index in [9.17, 15) is 4.79 Å². The van der Waals surface area contributed by atoms with Gasteiger partial charge in [0.05, 0.1) is 17.3 Å². The lowest BCUT2D eigenvalue weighted by Crippen LogP contribution is -2.36. The maximum Gasteiger partial charge on any atom is 0.238 e. The fourth-order valence-electron chi connectivity index (χ4n) is 3.30. The lowest BCUT2D eigenvalue weighted by molar-refractivity contribution is -0.117. The van der Waals surface area contributed by atoms with Crippen LogP contribution in [0.3, 0.4) is 0 Å². The fourth-order valence-corrected chi connectivity index (χ4v) is 3.58. The molecule has 1 N–H and O–H groups in total. The van der Waals surface area contributed by atoms with Gasteiger partial charge in [-0.05, 0) is 49.7 Å². The van der Waals surface area contributed by atoms with Crippen molar-refractivity contribution >= 4 is 23.2 Å². The Bertz CT molecular complexity index is 735. The van der Waals surface area contributed by atoms with E-state index in [0.29, 0.717) is 17.3 Å². The quantitative estimate of drug-likeness (QED) is 0.868. The smallest absolute Gasteiger partial charge is 0.238 e. The van der Waals surface area contributed by atoms with E-state index in [2.05, 4.69) is 39.4 Å². The monoisotopic (exact) mass is 371 g/mol. The molecule has 0 bridgehead atoms. The number of carbonyl (C=O) groups excluding carboxylic acids is 1. The number of carbonyl (C=O) groups is 1. The molecule has 2 aromatic carbocycles. The Kier molecular flexibility index (Phi) is 6.67. The largest absolute Gasteiger partial charge is 0.324 e. The predicted molar refractivity (Wildman–Crippen MR) is 108 cm³/mol. The molecule has 0 spiro atoms. The molecule has 0 aromatic heterocycles. The number of benzene rings is 2. The molecule has 2 aromatic rings. The van der Waals surface area contributed by atoms with Crippen LogP contribution in [0.1, 0.15) is 17.5 Å². The summed E-state index contributed by atoms with van der Waals surface area (Å²) < 4.78 is 0. The molecule has 4 nitrogen and oxygen atoms in total. The molecule has 0 radical (unpaired) electrons. The van der Waals surface area contributed by atoms with Crippen LogP contribution in [0, 0.1) is 6.92 Å². The summed E-state index contributed by atoms with van der Waals surface area (Å²) in [5.41, 5.74) is 3.11. The van der Waals surface area contributed by atoms with Gasteiger partial charge in [0.2, 0.25) is 5.91 Å². The maximum atomic E-state index is 12.4. The normalized spacial score (nSPS) is 16.2. The Labute approximate surface area is 160 Å². The van der Waals surface area contributed by atoms with E-state index in [1.807, 2.05) is 31.2 Å². The second-order valence-electron chi connectivity index (χ2n) is 6.92. The molecule has 0 aliphatic carbocycles. The van der Waals surface area contributed by atoms with Crippen LogP contribution in [0.15, 0.2) is 48.5 Å². The Balaban J connectivity index is 1.49. The number of hydrogen-bond donors (Lipinski definition) is 1. The highest BCUT2D eigenvalue weighted by Gasteiger charge is 2.17.